The monoisotopic (exact) mass is 286 g/mol. The SMILES string of the molecule is CCCNC(c1cnccc1C(F)(F)F)C(C)C1CC1. The normalized spacial score (nSPS) is 18.9. The van der Waals surface area contributed by atoms with E-state index in [1.807, 2.05) is 13.8 Å². The molecule has 0 saturated heterocycles. The quantitative estimate of drug-likeness (QED) is 0.848. The minimum atomic E-state index is -4.33. The predicted molar refractivity (Wildman–Crippen MR) is 72.2 cm³/mol. The standard InChI is InChI=1S/C15H21F3N2/c1-3-7-20-14(10(2)11-4-5-11)12-9-19-8-6-13(12)15(16,17)18/h6,8-11,14,20H,3-5,7H2,1-2H3. The van der Waals surface area contributed by atoms with Crippen LogP contribution in [0.5, 0.6) is 0 Å². The van der Waals surface area contributed by atoms with E-state index in [0.29, 0.717) is 12.5 Å². The van der Waals surface area contributed by atoms with Gasteiger partial charge >= 0.3 is 6.18 Å². The molecule has 0 amide bonds. The van der Waals surface area contributed by atoms with E-state index in [1.165, 1.54) is 12.4 Å². The van der Waals surface area contributed by atoms with Gasteiger partial charge in [0, 0.05) is 18.4 Å². The van der Waals surface area contributed by atoms with Crippen LogP contribution in [-0.2, 0) is 6.18 Å². The highest BCUT2D eigenvalue weighted by atomic mass is 19.4. The Balaban J connectivity index is 2.32. The minimum Gasteiger partial charge on any atom is -0.310 e. The Labute approximate surface area is 117 Å². The van der Waals surface area contributed by atoms with Gasteiger partial charge in [0.25, 0.3) is 0 Å². The van der Waals surface area contributed by atoms with E-state index in [4.69, 9.17) is 0 Å². The fourth-order valence-corrected chi connectivity index (χ4v) is 2.69. The molecule has 0 radical (unpaired) electrons. The number of halogens is 3. The first-order valence-electron chi connectivity index (χ1n) is 7.19. The van der Waals surface area contributed by atoms with Crippen molar-refractivity contribution in [3.8, 4) is 0 Å². The molecule has 0 aromatic carbocycles. The van der Waals surface area contributed by atoms with Crippen molar-refractivity contribution in [2.75, 3.05) is 6.54 Å². The van der Waals surface area contributed by atoms with Crippen molar-refractivity contribution in [3.05, 3.63) is 29.6 Å². The van der Waals surface area contributed by atoms with Gasteiger partial charge in [-0.2, -0.15) is 13.2 Å². The molecule has 1 fully saturated rings. The Morgan fingerprint density at radius 1 is 1.40 bits per heavy atom. The maximum absolute atomic E-state index is 13.2. The molecular formula is C15H21F3N2. The summed E-state index contributed by atoms with van der Waals surface area (Å²) in [6, 6.07) is 0.808. The summed E-state index contributed by atoms with van der Waals surface area (Å²) in [6.07, 6.45) is 1.39. The Morgan fingerprint density at radius 3 is 2.65 bits per heavy atom. The second-order valence-electron chi connectivity index (χ2n) is 5.59. The number of nitrogens with zero attached hydrogens (tertiary/aromatic N) is 1. The van der Waals surface area contributed by atoms with Gasteiger partial charge in [0.1, 0.15) is 0 Å². The highest BCUT2D eigenvalue weighted by Crippen LogP contribution is 2.44. The van der Waals surface area contributed by atoms with Crippen molar-refractivity contribution in [3.63, 3.8) is 0 Å². The summed E-state index contributed by atoms with van der Waals surface area (Å²) < 4.78 is 39.5. The largest absolute Gasteiger partial charge is 0.416 e. The van der Waals surface area contributed by atoms with Crippen molar-refractivity contribution in [2.45, 2.75) is 45.3 Å². The number of hydrogen-bond donors (Lipinski definition) is 1. The van der Waals surface area contributed by atoms with Crippen molar-refractivity contribution in [1.29, 1.82) is 0 Å². The van der Waals surface area contributed by atoms with Crippen LogP contribution in [0.25, 0.3) is 0 Å². The van der Waals surface area contributed by atoms with Crippen molar-refractivity contribution < 1.29 is 13.2 Å². The molecule has 1 aromatic heterocycles. The van der Waals surface area contributed by atoms with Crippen LogP contribution in [0.3, 0.4) is 0 Å². The van der Waals surface area contributed by atoms with Crippen molar-refractivity contribution in [1.82, 2.24) is 10.3 Å². The topological polar surface area (TPSA) is 24.9 Å². The van der Waals surface area contributed by atoms with E-state index in [1.54, 1.807) is 0 Å². The van der Waals surface area contributed by atoms with Gasteiger partial charge in [-0.1, -0.05) is 13.8 Å². The molecule has 0 aliphatic heterocycles. The molecule has 0 spiro atoms. The number of aromatic nitrogens is 1. The van der Waals surface area contributed by atoms with Crippen LogP contribution in [-0.4, -0.2) is 11.5 Å². The van der Waals surface area contributed by atoms with E-state index >= 15 is 0 Å². The molecule has 1 aromatic rings. The molecule has 0 bridgehead atoms. The van der Waals surface area contributed by atoms with Gasteiger partial charge in [0.05, 0.1) is 5.56 Å². The van der Waals surface area contributed by atoms with Gasteiger partial charge in [-0.15, -0.1) is 0 Å². The first-order chi connectivity index (χ1) is 9.45. The lowest BCUT2D eigenvalue weighted by Gasteiger charge is -2.28. The first-order valence-corrected chi connectivity index (χ1v) is 7.19. The second-order valence-corrected chi connectivity index (χ2v) is 5.59. The van der Waals surface area contributed by atoms with Crippen molar-refractivity contribution in [2.24, 2.45) is 11.8 Å². The summed E-state index contributed by atoms with van der Waals surface area (Å²) in [5, 5.41) is 3.28. The fraction of sp³-hybridized carbons (Fsp3) is 0.667. The Kier molecular flexibility index (Phi) is 4.68. The van der Waals surface area contributed by atoms with Gasteiger partial charge in [-0.25, -0.2) is 0 Å². The fourth-order valence-electron chi connectivity index (χ4n) is 2.69. The van der Waals surface area contributed by atoms with Crippen LogP contribution >= 0.6 is 0 Å². The summed E-state index contributed by atoms with van der Waals surface area (Å²) in [6.45, 7) is 4.77. The first kappa shape index (κ1) is 15.3. The van der Waals surface area contributed by atoms with Crippen LogP contribution in [0.15, 0.2) is 18.5 Å². The third-order valence-corrected chi connectivity index (χ3v) is 4.00. The average Bonchev–Trinajstić information content (AvgIpc) is 3.22. The zero-order valence-corrected chi connectivity index (χ0v) is 11.9. The summed E-state index contributed by atoms with van der Waals surface area (Å²) in [7, 11) is 0. The molecule has 2 nitrogen and oxygen atoms in total. The van der Waals surface area contributed by atoms with Gasteiger partial charge in [0.15, 0.2) is 0 Å². The highest BCUT2D eigenvalue weighted by Gasteiger charge is 2.39. The van der Waals surface area contributed by atoms with Gasteiger partial charge in [0.2, 0.25) is 0 Å². The van der Waals surface area contributed by atoms with E-state index in [2.05, 4.69) is 10.3 Å². The summed E-state index contributed by atoms with van der Waals surface area (Å²) in [5.74, 6) is 0.734. The molecule has 20 heavy (non-hydrogen) atoms. The molecule has 1 heterocycles. The van der Waals surface area contributed by atoms with Crippen LogP contribution in [0.1, 0.15) is 50.3 Å². The predicted octanol–water partition coefficient (Wildman–Crippen LogP) is 4.19. The van der Waals surface area contributed by atoms with Gasteiger partial charge in [-0.05, 0) is 49.3 Å². The molecule has 112 valence electrons. The molecule has 1 aliphatic carbocycles. The Hall–Kier alpha value is -1.10. The van der Waals surface area contributed by atoms with E-state index < -0.39 is 11.7 Å². The zero-order valence-electron chi connectivity index (χ0n) is 11.9. The van der Waals surface area contributed by atoms with E-state index in [-0.39, 0.29) is 17.5 Å². The summed E-state index contributed by atoms with van der Waals surface area (Å²) >= 11 is 0. The summed E-state index contributed by atoms with van der Waals surface area (Å²) in [4.78, 5) is 3.91. The summed E-state index contributed by atoms with van der Waals surface area (Å²) in [5.41, 5.74) is -0.276. The lowest BCUT2D eigenvalue weighted by Crippen LogP contribution is -2.31. The van der Waals surface area contributed by atoms with Crippen LogP contribution in [0.4, 0.5) is 13.2 Å². The third kappa shape index (κ3) is 3.51. The third-order valence-electron chi connectivity index (χ3n) is 4.00. The Bertz CT molecular complexity index is 441. The lowest BCUT2D eigenvalue weighted by molar-refractivity contribution is -0.138. The molecule has 2 rings (SSSR count). The molecule has 2 unspecified atom stereocenters. The number of rotatable bonds is 6. The number of nitrogens with one attached hydrogen (secondary N) is 1. The van der Waals surface area contributed by atoms with E-state index in [9.17, 15) is 13.2 Å². The second kappa shape index (κ2) is 6.12. The van der Waals surface area contributed by atoms with Crippen LogP contribution < -0.4 is 5.32 Å². The van der Waals surface area contributed by atoms with Crippen molar-refractivity contribution >= 4 is 0 Å². The molecular weight excluding hydrogens is 265 g/mol. The minimum absolute atomic E-state index is 0.201. The maximum Gasteiger partial charge on any atom is 0.416 e. The Morgan fingerprint density at radius 2 is 2.10 bits per heavy atom. The van der Waals surface area contributed by atoms with Crippen LogP contribution in [0.2, 0.25) is 0 Å². The number of pyridine rings is 1. The highest BCUT2D eigenvalue weighted by molar-refractivity contribution is 5.30. The molecule has 5 heteroatoms. The van der Waals surface area contributed by atoms with Gasteiger partial charge < -0.3 is 5.32 Å². The van der Waals surface area contributed by atoms with Gasteiger partial charge in [-0.3, -0.25) is 4.98 Å². The molecule has 1 N–H and O–H groups in total. The van der Waals surface area contributed by atoms with E-state index in [0.717, 1.165) is 25.3 Å². The lowest BCUT2D eigenvalue weighted by atomic mass is 9.88. The maximum atomic E-state index is 13.2. The molecule has 2 atom stereocenters. The number of alkyl halides is 3. The van der Waals surface area contributed by atoms with Crippen LogP contribution in [0, 0.1) is 11.8 Å². The smallest absolute Gasteiger partial charge is 0.310 e. The average molecular weight is 286 g/mol. The number of hydrogen-bond acceptors (Lipinski definition) is 2. The zero-order chi connectivity index (χ0) is 14.8. The molecule has 1 aliphatic rings. The molecule has 1 saturated carbocycles.